The van der Waals surface area contributed by atoms with Crippen LogP contribution in [0.3, 0.4) is 0 Å². The van der Waals surface area contributed by atoms with Gasteiger partial charge in [0.15, 0.2) is 0 Å². The van der Waals surface area contributed by atoms with Crippen molar-refractivity contribution in [1.82, 2.24) is 15.0 Å². The Hall–Kier alpha value is -3.44. The second-order valence-electron chi connectivity index (χ2n) is 6.23. The summed E-state index contributed by atoms with van der Waals surface area (Å²) < 4.78 is 0. The third-order valence-electron chi connectivity index (χ3n) is 4.13. The zero-order valence-electron chi connectivity index (χ0n) is 15.2. The Kier molecular flexibility index (Phi) is 5.17. The van der Waals surface area contributed by atoms with Gasteiger partial charge in [-0.05, 0) is 54.9 Å². The maximum absolute atomic E-state index is 6.23. The first-order valence-corrected chi connectivity index (χ1v) is 9.22. The molecule has 0 aliphatic carbocycles. The fourth-order valence-corrected chi connectivity index (χ4v) is 2.95. The molecule has 0 saturated carbocycles. The number of hydrogen-bond acceptors (Lipinski definition) is 5. The maximum atomic E-state index is 6.23. The highest BCUT2D eigenvalue weighted by molar-refractivity contribution is 6.28. The molecule has 1 heterocycles. The molecule has 0 aliphatic heterocycles. The third-order valence-corrected chi connectivity index (χ3v) is 4.30. The topological polar surface area (TPSA) is 53.9 Å². The number of hydrogen-bond donors (Lipinski definition) is 1. The zero-order valence-corrected chi connectivity index (χ0v) is 16.0. The molecule has 138 valence electrons. The van der Waals surface area contributed by atoms with E-state index in [1.807, 2.05) is 96.8 Å². The maximum Gasteiger partial charge on any atom is 0.240 e. The minimum Gasteiger partial charge on any atom is -0.324 e. The van der Waals surface area contributed by atoms with E-state index >= 15 is 0 Å². The van der Waals surface area contributed by atoms with Crippen molar-refractivity contribution in [3.8, 4) is 0 Å². The molecule has 4 aromatic rings. The minimum absolute atomic E-state index is 0.122. The van der Waals surface area contributed by atoms with Crippen LogP contribution in [0.25, 0.3) is 0 Å². The molecule has 0 spiro atoms. The lowest BCUT2D eigenvalue weighted by Crippen LogP contribution is -2.15. The van der Waals surface area contributed by atoms with E-state index in [1.165, 1.54) is 5.56 Å². The minimum atomic E-state index is 0.122. The van der Waals surface area contributed by atoms with Gasteiger partial charge in [-0.3, -0.25) is 4.90 Å². The molecule has 0 aliphatic rings. The van der Waals surface area contributed by atoms with Crippen molar-refractivity contribution in [2.24, 2.45) is 0 Å². The van der Waals surface area contributed by atoms with Crippen molar-refractivity contribution < 1.29 is 0 Å². The van der Waals surface area contributed by atoms with Crippen LogP contribution >= 0.6 is 11.6 Å². The molecule has 1 aromatic heterocycles. The number of aryl methyl sites for hydroxylation is 1. The first-order chi connectivity index (χ1) is 13.7. The molecule has 0 unspecified atom stereocenters. The van der Waals surface area contributed by atoms with E-state index in [0.29, 0.717) is 11.9 Å². The van der Waals surface area contributed by atoms with Gasteiger partial charge < -0.3 is 5.32 Å². The van der Waals surface area contributed by atoms with Crippen LogP contribution in [0.5, 0.6) is 0 Å². The summed E-state index contributed by atoms with van der Waals surface area (Å²) in [7, 11) is 0. The largest absolute Gasteiger partial charge is 0.324 e. The van der Waals surface area contributed by atoms with Gasteiger partial charge in [-0.15, -0.1) is 0 Å². The van der Waals surface area contributed by atoms with E-state index in [-0.39, 0.29) is 5.28 Å². The number of nitrogens with zero attached hydrogens (tertiary/aromatic N) is 4. The molecule has 3 aromatic carbocycles. The predicted octanol–water partition coefficient (Wildman–Crippen LogP) is 6.05. The molecule has 4 rings (SSSR count). The molecular weight excluding hydrogens is 370 g/mol. The standard InChI is InChI=1S/C22H18ClN5/c1-16-12-14-17(15-13-16)24-21-25-20(23)26-22(27-21)28(18-8-4-2-5-9-18)19-10-6-3-7-11-19/h2-15H,1H3,(H,24,25,26,27). The number of anilines is 5. The van der Waals surface area contributed by atoms with Crippen LogP contribution < -0.4 is 10.2 Å². The molecule has 5 nitrogen and oxygen atoms in total. The van der Waals surface area contributed by atoms with Crippen molar-refractivity contribution in [3.05, 3.63) is 95.8 Å². The second-order valence-corrected chi connectivity index (χ2v) is 6.56. The Morgan fingerprint density at radius 3 is 1.86 bits per heavy atom. The first kappa shape index (κ1) is 17.9. The van der Waals surface area contributed by atoms with E-state index in [1.54, 1.807) is 0 Å². The molecule has 28 heavy (non-hydrogen) atoms. The van der Waals surface area contributed by atoms with E-state index in [2.05, 4.69) is 20.3 Å². The SMILES string of the molecule is Cc1ccc(Nc2nc(Cl)nc(N(c3ccccc3)c3ccccc3)n2)cc1. The van der Waals surface area contributed by atoms with Gasteiger partial charge in [0.05, 0.1) is 0 Å². The van der Waals surface area contributed by atoms with Crippen LogP contribution in [0, 0.1) is 6.92 Å². The van der Waals surface area contributed by atoms with Gasteiger partial charge in [0.2, 0.25) is 17.2 Å². The Morgan fingerprint density at radius 2 is 1.29 bits per heavy atom. The van der Waals surface area contributed by atoms with E-state index in [9.17, 15) is 0 Å². The lowest BCUT2D eigenvalue weighted by atomic mass is 10.2. The first-order valence-electron chi connectivity index (χ1n) is 8.84. The third kappa shape index (κ3) is 4.10. The summed E-state index contributed by atoms with van der Waals surface area (Å²) in [6.45, 7) is 2.04. The summed E-state index contributed by atoms with van der Waals surface area (Å²) in [5.74, 6) is 0.822. The summed E-state index contributed by atoms with van der Waals surface area (Å²) >= 11 is 6.23. The summed E-state index contributed by atoms with van der Waals surface area (Å²) in [6, 6.07) is 27.8. The molecular formula is C22H18ClN5. The van der Waals surface area contributed by atoms with Crippen molar-refractivity contribution >= 4 is 40.6 Å². The van der Waals surface area contributed by atoms with Crippen LogP contribution in [-0.2, 0) is 0 Å². The van der Waals surface area contributed by atoms with Crippen LogP contribution in [0.4, 0.5) is 29.0 Å². The Morgan fingerprint density at radius 1 is 0.714 bits per heavy atom. The lowest BCUT2D eigenvalue weighted by Gasteiger charge is -2.23. The van der Waals surface area contributed by atoms with Gasteiger partial charge >= 0.3 is 0 Å². The van der Waals surface area contributed by atoms with Crippen molar-refractivity contribution in [3.63, 3.8) is 0 Å². The van der Waals surface area contributed by atoms with Gasteiger partial charge in [-0.2, -0.15) is 15.0 Å². The average Bonchev–Trinajstić information content (AvgIpc) is 2.71. The number of rotatable bonds is 5. The predicted molar refractivity (Wildman–Crippen MR) is 114 cm³/mol. The second kappa shape index (κ2) is 8.06. The smallest absolute Gasteiger partial charge is 0.240 e. The van der Waals surface area contributed by atoms with Crippen molar-refractivity contribution in [1.29, 1.82) is 0 Å². The highest BCUT2D eigenvalue weighted by atomic mass is 35.5. The number of halogens is 1. The Labute approximate surface area is 168 Å². The summed E-state index contributed by atoms with van der Waals surface area (Å²) in [5, 5.41) is 3.32. The highest BCUT2D eigenvalue weighted by Gasteiger charge is 2.17. The number of nitrogens with one attached hydrogen (secondary N) is 1. The van der Waals surface area contributed by atoms with Crippen LogP contribution in [0.1, 0.15) is 5.56 Å². The van der Waals surface area contributed by atoms with Crippen molar-refractivity contribution in [2.45, 2.75) is 6.92 Å². The normalized spacial score (nSPS) is 10.5. The van der Waals surface area contributed by atoms with Gasteiger partial charge in [-0.25, -0.2) is 0 Å². The molecule has 0 radical (unpaired) electrons. The van der Waals surface area contributed by atoms with Gasteiger partial charge in [0, 0.05) is 17.1 Å². The summed E-state index contributed by atoms with van der Waals surface area (Å²) in [5.41, 5.74) is 3.92. The number of aromatic nitrogens is 3. The fraction of sp³-hybridized carbons (Fsp3) is 0.0455. The van der Waals surface area contributed by atoms with Crippen molar-refractivity contribution in [2.75, 3.05) is 10.2 Å². The zero-order chi connectivity index (χ0) is 19.3. The monoisotopic (exact) mass is 387 g/mol. The van der Waals surface area contributed by atoms with E-state index in [4.69, 9.17) is 11.6 Å². The lowest BCUT2D eigenvalue weighted by molar-refractivity contribution is 1.01. The molecule has 0 atom stereocenters. The Bertz CT molecular complexity index is 1010. The highest BCUT2D eigenvalue weighted by Crippen LogP contribution is 2.32. The van der Waals surface area contributed by atoms with Crippen LogP contribution in [0.15, 0.2) is 84.9 Å². The van der Waals surface area contributed by atoms with Gasteiger partial charge in [0.1, 0.15) is 0 Å². The number of benzene rings is 3. The van der Waals surface area contributed by atoms with Crippen LogP contribution in [0.2, 0.25) is 5.28 Å². The summed E-state index contributed by atoms with van der Waals surface area (Å²) in [4.78, 5) is 15.1. The van der Waals surface area contributed by atoms with E-state index in [0.717, 1.165) is 17.1 Å². The average molecular weight is 388 g/mol. The number of para-hydroxylation sites is 2. The molecule has 0 saturated heterocycles. The molecule has 1 N–H and O–H groups in total. The summed E-state index contributed by atoms with van der Waals surface area (Å²) in [6.07, 6.45) is 0. The Balaban J connectivity index is 1.76. The molecule has 6 heteroatoms. The van der Waals surface area contributed by atoms with Gasteiger partial charge in [0.25, 0.3) is 0 Å². The molecule has 0 amide bonds. The molecule has 0 bridgehead atoms. The van der Waals surface area contributed by atoms with Gasteiger partial charge in [-0.1, -0.05) is 54.1 Å². The van der Waals surface area contributed by atoms with Crippen LogP contribution in [-0.4, -0.2) is 15.0 Å². The van der Waals surface area contributed by atoms with E-state index < -0.39 is 0 Å². The fourth-order valence-electron chi connectivity index (χ4n) is 2.80. The quantitative estimate of drug-likeness (QED) is 0.452. The molecule has 0 fully saturated rings.